The van der Waals surface area contributed by atoms with E-state index in [-0.39, 0.29) is 0 Å². The molecule has 74 valence electrons. The first-order valence-corrected chi connectivity index (χ1v) is 4.50. The Labute approximate surface area is 79.8 Å². The van der Waals surface area contributed by atoms with Crippen LogP contribution >= 0.6 is 0 Å². The maximum absolute atomic E-state index is 4.15. The van der Waals surface area contributed by atoms with Gasteiger partial charge in [0.1, 0.15) is 5.82 Å². The quantitative estimate of drug-likeness (QED) is 0.739. The minimum Gasteiger partial charge on any atom is -0.372 e. The van der Waals surface area contributed by atoms with Crippen molar-refractivity contribution in [1.82, 2.24) is 15.3 Å². The van der Waals surface area contributed by atoms with Crippen LogP contribution < -0.4 is 10.6 Å². The van der Waals surface area contributed by atoms with E-state index in [0.29, 0.717) is 0 Å². The third-order valence-electron chi connectivity index (χ3n) is 1.36. The van der Waals surface area contributed by atoms with Crippen LogP contribution in [-0.4, -0.2) is 24.1 Å². The number of nitrogens with zero attached hydrogens (tertiary/aromatic N) is 2. The van der Waals surface area contributed by atoms with Crippen molar-refractivity contribution < 1.29 is 0 Å². The first kappa shape index (κ1) is 11.8. The summed E-state index contributed by atoms with van der Waals surface area (Å²) in [5.41, 5.74) is 0.942. The molecule has 13 heavy (non-hydrogen) atoms. The summed E-state index contributed by atoms with van der Waals surface area (Å²) >= 11 is 0. The van der Waals surface area contributed by atoms with Crippen molar-refractivity contribution in [3.8, 4) is 0 Å². The van der Waals surface area contributed by atoms with Crippen molar-refractivity contribution >= 4 is 5.82 Å². The van der Waals surface area contributed by atoms with Gasteiger partial charge in [-0.3, -0.25) is 4.98 Å². The Morgan fingerprint density at radius 3 is 2.31 bits per heavy atom. The molecule has 0 aromatic carbocycles. The highest BCUT2D eigenvalue weighted by Gasteiger charge is 1.99. The number of anilines is 1. The second kappa shape index (κ2) is 7.49. The van der Waals surface area contributed by atoms with Crippen LogP contribution in [0.1, 0.15) is 19.5 Å². The van der Waals surface area contributed by atoms with Gasteiger partial charge < -0.3 is 10.6 Å². The maximum atomic E-state index is 4.15. The number of aromatic nitrogens is 2. The predicted octanol–water partition coefficient (Wildman–Crippen LogP) is 1.26. The fraction of sp³-hybridized carbons (Fsp3) is 0.556. The smallest absolute Gasteiger partial charge is 0.148 e. The molecular formula is C9H18N4. The Bertz CT molecular complexity index is 225. The molecule has 2 N–H and O–H groups in total. The molecule has 0 saturated heterocycles. The van der Waals surface area contributed by atoms with Gasteiger partial charge in [0.05, 0.1) is 5.69 Å². The highest BCUT2D eigenvalue weighted by Crippen LogP contribution is 2.05. The number of rotatable bonds is 3. The van der Waals surface area contributed by atoms with Crippen molar-refractivity contribution in [2.24, 2.45) is 0 Å². The Morgan fingerprint density at radius 1 is 1.15 bits per heavy atom. The molecular weight excluding hydrogens is 164 g/mol. The van der Waals surface area contributed by atoms with Crippen molar-refractivity contribution in [3.05, 3.63) is 18.1 Å². The molecule has 0 amide bonds. The molecule has 0 unspecified atom stereocenters. The molecule has 4 nitrogen and oxygen atoms in total. The monoisotopic (exact) mass is 182 g/mol. The van der Waals surface area contributed by atoms with Crippen molar-refractivity contribution in [3.63, 3.8) is 0 Å². The molecule has 0 radical (unpaired) electrons. The van der Waals surface area contributed by atoms with Gasteiger partial charge in [0.2, 0.25) is 0 Å². The van der Waals surface area contributed by atoms with E-state index in [2.05, 4.69) is 20.6 Å². The Kier molecular flexibility index (Phi) is 6.82. The first-order valence-electron chi connectivity index (χ1n) is 4.50. The highest BCUT2D eigenvalue weighted by atomic mass is 15.0. The lowest BCUT2D eigenvalue weighted by molar-refractivity contribution is 0.787. The van der Waals surface area contributed by atoms with E-state index in [1.54, 1.807) is 12.4 Å². The highest BCUT2D eigenvalue weighted by molar-refractivity contribution is 5.38. The maximum Gasteiger partial charge on any atom is 0.148 e. The third-order valence-corrected chi connectivity index (χ3v) is 1.36. The largest absolute Gasteiger partial charge is 0.372 e. The summed E-state index contributed by atoms with van der Waals surface area (Å²) in [6.07, 6.45) is 3.36. The zero-order valence-electron chi connectivity index (χ0n) is 8.76. The van der Waals surface area contributed by atoms with E-state index in [0.717, 1.165) is 18.1 Å². The molecule has 0 aliphatic rings. The lowest BCUT2D eigenvalue weighted by Gasteiger charge is -2.04. The van der Waals surface area contributed by atoms with Crippen molar-refractivity contribution in [2.45, 2.75) is 20.4 Å². The molecule has 0 fully saturated rings. The van der Waals surface area contributed by atoms with Crippen molar-refractivity contribution in [1.29, 1.82) is 0 Å². The van der Waals surface area contributed by atoms with E-state index in [9.17, 15) is 0 Å². The summed E-state index contributed by atoms with van der Waals surface area (Å²) in [5.74, 6) is 0.835. The van der Waals surface area contributed by atoms with Crippen LogP contribution in [0.3, 0.4) is 0 Å². The summed E-state index contributed by atoms with van der Waals surface area (Å²) < 4.78 is 0. The molecule has 1 heterocycles. The zero-order valence-corrected chi connectivity index (χ0v) is 8.76. The van der Waals surface area contributed by atoms with Gasteiger partial charge in [-0.2, -0.15) is 0 Å². The zero-order chi connectivity index (χ0) is 10.1. The van der Waals surface area contributed by atoms with Crippen LogP contribution in [0, 0.1) is 0 Å². The van der Waals surface area contributed by atoms with Crippen LogP contribution in [0.25, 0.3) is 0 Å². The Balaban J connectivity index is 0.000000671. The van der Waals surface area contributed by atoms with Crippen LogP contribution in [-0.2, 0) is 6.54 Å². The second-order valence-corrected chi connectivity index (χ2v) is 2.13. The lowest BCUT2D eigenvalue weighted by Crippen LogP contribution is -2.10. The summed E-state index contributed by atoms with van der Waals surface area (Å²) in [7, 11) is 3.72. The van der Waals surface area contributed by atoms with E-state index in [1.165, 1.54) is 0 Å². The Hall–Kier alpha value is -1.16. The van der Waals surface area contributed by atoms with Gasteiger partial charge in [-0.1, -0.05) is 13.8 Å². The van der Waals surface area contributed by atoms with Crippen LogP contribution in [0.15, 0.2) is 12.4 Å². The molecule has 0 aliphatic carbocycles. The molecule has 1 aromatic rings. The van der Waals surface area contributed by atoms with Gasteiger partial charge in [-0.15, -0.1) is 0 Å². The topological polar surface area (TPSA) is 49.8 Å². The van der Waals surface area contributed by atoms with Gasteiger partial charge in [-0.05, 0) is 7.05 Å². The second-order valence-electron chi connectivity index (χ2n) is 2.13. The standard InChI is InChI=1S/C7H12N4.C2H6/c1-8-5-6-7(9-2)11-4-3-10-6;1-2/h3-4,8H,5H2,1-2H3,(H,9,11);1-2H3. The average molecular weight is 182 g/mol. The van der Waals surface area contributed by atoms with E-state index >= 15 is 0 Å². The lowest BCUT2D eigenvalue weighted by atomic mass is 10.4. The fourth-order valence-corrected chi connectivity index (χ4v) is 0.872. The van der Waals surface area contributed by atoms with E-state index in [4.69, 9.17) is 0 Å². The first-order chi connectivity index (χ1) is 6.38. The molecule has 1 rings (SSSR count). The van der Waals surface area contributed by atoms with Gasteiger partial charge in [0.25, 0.3) is 0 Å². The minimum absolute atomic E-state index is 0.740. The van der Waals surface area contributed by atoms with Gasteiger partial charge in [0, 0.05) is 26.0 Å². The molecule has 1 aromatic heterocycles. The molecule has 0 spiro atoms. The number of nitrogens with one attached hydrogen (secondary N) is 2. The summed E-state index contributed by atoms with van der Waals surface area (Å²) in [4.78, 5) is 8.25. The summed E-state index contributed by atoms with van der Waals surface area (Å²) in [5, 5.41) is 5.98. The van der Waals surface area contributed by atoms with Crippen LogP contribution in [0.2, 0.25) is 0 Å². The van der Waals surface area contributed by atoms with Crippen LogP contribution in [0.5, 0.6) is 0 Å². The minimum atomic E-state index is 0.740. The van der Waals surface area contributed by atoms with Gasteiger partial charge in [0.15, 0.2) is 0 Å². The Morgan fingerprint density at radius 2 is 1.77 bits per heavy atom. The summed E-state index contributed by atoms with van der Waals surface area (Å²) in [6, 6.07) is 0. The number of hydrogen-bond acceptors (Lipinski definition) is 4. The molecule has 4 heteroatoms. The molecule has 0 bridgehead atoms. The van der Waals surface area contributed by atoms with Crippen LogP contribution in [0.4, 0.5) is 5.82 Å². The number of hydrogen-bond donors (Lipinski definition) is 2. The molecule has 0 atom stereocenters. The SMILES string of the molecule is CC.CNCc1nccnc1NC. The summed E-state index contributed by atoms with van der Waals surface area (Å²) in [6.45, 7) is 4.74. The van der Waals surface area contributed by atoms with E-state index in [1.807, 2.05) is 27.9 Å². The molecule has 0 aliphatic heterocycles. The molecule has 0 saturated carbocycles. The normalized spacial score (nSPS) is 8.62. The predicted molar refractivity (Wildman–Crippen MR) is 55.7 cm³/mol. The average Bonchev–Trinajstić information content (AvgIpc) is 2.22. The van der Waals surface area contributed by atoms with Gasteiger partial charge in [-0.25, -0.2) is 4.98 Å². The third kappa shape index (κ3) is 3.85. The van der Waals surface area contributed by atoms with Crippen molar-refractivity contribution in [2.75, 3.05) is 19.4 Å². The van der Waals surface area contributed by atoms with Gasteiger partial charge >= 0.3 is 0 Å². The fourth-order valence-electron chi connectivity index (χ4n) is 0.872. The van der Waals surface area contributed by atoms with E-state index < -0.39 is 0 Å².